The number of aromatic nitrogens is 2. The number of hydrogen-bond donors (Lipinski definition) is 2. The summed E-state index contributed by atoms with van der Waals surface area (Å²) in [7, 11) is 1.58. The van der Waals surface area contributed by atoms with E-state index in [1.807, 2.05) is 6.92 Å². The van der Waals surface area contributed by atoms with Crippen molar-refractivity contribution in [2.24, 2.45) is 0 Å². The van der Waals surface area contributed by atoms with Gasteiger partial charge < -0.3 is 15.8 Å². The van der Waals surface area contributed by atoms with Crippen LogP contribution in [0.4, 0.5) is 5.95 Å². The molecule has 6 nitrogen and oxygen atoms in total. The molecular formula is C11H14N4O2. The topological polar surface area (TPSA) is 81.7 Å². The van der Waals surface area contributed by atoms with Crippen LogP contribution in [0.2, 0.25) is 0 Å². The molecule has 2 aromatic rings. The highest BCUT2D eigenvalue weighted by Gasteiger charge is 2.12. The quantitative estimate of drug-likeness (QED) is 0.818. The van der Waals surface area contributed by atoms with Crippen LogP contribution in [0.25, 0.3) is 5.52 Å². The van der Waals surface area contributed by atoms with Crippen molar-refractivity contribution < 1.29 is 9.53 Å². The Morgan fingerprint density at radius 1 is 1.59 bits per heavy atom. The number of fused-ring (bicyclic) bond motifs is 1. The van der Waals surface area contributed by atoms with E-state index in [1.54, 1.807) is 29.8 Å². The molecule has 1 amide bonds. The van der Waals surface area contributed by atoms with E-state index in [0.717, 1.165) is 5.52 Å². The molecule has 3 N–H and O–H groups in total. The number of nitrogens with zero attached hydrogens (tertiary/aromatic N) is 2. The molecule has 17 heavy (non-hydrogen) atoms. The summed E-state index contributed by atoms with van der Waals surface area (Å²) in [5.74, 6) is 0.612. The Morgan fingerprint density at radius 3 is 3.00 bits per heavy atom. The van der Waals surface area contributed by atoms with Gasteiger partial charge >= 0.3 is 0 Å². The van der Waals surface area contributed by atoms with E-state index in [2.05, 4.69) is 10.3 Å². The highest BCUT2D eigenvalue weighted by Crippen LogP contribution is 2.22. The van der Waals surface area contributed by atoms with Gasteiger partial charge in [-0.15, -0.1) is 0 Å². The molecule has 0 saturated carbocycles. The van der Waals surface area contributed by atoms with Crippen molar-refractivity contribution in [1.29, 1.82) is 0 Å². The minimum atomic E-state index is -0.169. The normalized spacial score (nSPS) is 10.5. The van der Waals surface area contributed by atoms with E-state index in [9.17, 15) is 4.79 Å². The van der Waals surface area contributed by atoms with Crippen molar-refractivity contribution in [3.05, 3.63) is 23.9 Å². The van der Waals surface area contributed by atoms with Gasteiger partial charge in [-0.3, -0.25) is 9.20 Å². The molecule has 0 bridgehead atoms. The van der Waals surface area contributed by atoms with Crippen LogP contribution in [0.15, 0.2) is 18.3 Å². The van der Waals surface area contributed by atoms with Gasteiger partial charge in [0.2, 0.25) is 11.8 Å². The highest BCUT2D eigenvalue weighted by molar-refractivity contribution is 5.94. The summed E-state index contributed by atoms with van der Waals surface area (Å²) < 4.78 is 6.99. The number of nitrogens with one attached hydrogen (secondary N) is 1. The van der Waals surface area contributed by atoms with Gasteiger partial charge in [0.1, 0.15) is 5.52 Å². The van der Waals surface area contributed by atoms with Crippen LogP contribution in [-0.4, -0.2) is 28.9 Å². The number of rotatable bonds is 3. The molecule has 0 aliphatic rings. The van der Waals surface area contributed by atoms with E-state index < -0.39 is 0 Å². The third-order valence-electron chi connectivity index (χ3n) is 2.40. The monoisotopic (exact) mass is 234 g/mol. The van der Waals surface area contributed by atoms with Gasteiger partial charge in [0, 0.05) is 13.2 Å². The molecule has 0 aliphatic carbocycles. The van der Waals surface area contributed by atoms with Crippen LogP contribution >= 0.6 is 0 Å². The second-order valence-electron chi connectivity index (χ2n) is 3.46. The van der Waals surface area contributed by atoms with Gasteiger partial charge in [-0.25, -0.2) is 0 Å². The minimum absolute atomic E-state index is 0.169. The Hall–Kier alpha value is -2.24. The SMILES string of the molecule is CCOc1nc(N)n2cc(C(=O)NC)ccc12. The number of imidazole rings is 1. The molecule has 0 fully saturated rings. The lowest BCUT2D eigenvalue weighted by Crippen LogP contribution is -2.18. The largest absolute Gasteiger partial charge is 0.476 e. The van der Waals surface area contributed by atoms with Crippen LogP contribution < -0.4 is 15.8 Å². The Balaban J connectivity index is 2.55. The molecule has 0 aromatic carbocycles. The van der Waals surface area contributed by atoms with Gasteiger partial charge in [-0.05, 0) is 19.1 Å². The van der Waals surface area contributed by atoms with E-state index in [1.165, 1.54) is 0 Å². The van der Waals surface area contributed by atoms with E-state index in [-0.39, 0.29) is 5.91 Å². The summed E-state index contributed by atoms with van der Waals surface area (Å²) in [6.45, 7) is 2.39. The molecule has 6 heteroatoms. The smallest absolute Gasteiger partial charge is 0.252 e. The standard InChI is InChI=1S/C11H14N4O2/c1-3-17-10-8-5-4-7(9(16)13-2)6-15(8)11(12)14-10/h4-6H,3H2,1-2H3,(H2,12,14)(H,13,16). The van der Waals surface area contributed by atoms with Gasteiger partial charge in [0.05, 0.1) is 12.2 Å². The third kappa shape index (κ3) is 1.89. The predicted molar refractivity (Wildman–Crippen MR) is 64.2 cm³/mol. The first-order chi connectivity index (χ1) is 8.17. The fourth-order valence-corrected chi connectivity index (χ4v) is 1.60. The average Bonchev–Trinajstić information content (AvgIpc) is 2.65. The zero-order chi connectivity index (χ0) is 12.4. The van der Waals surface area contributed by atoms with E-state index >= 15 is 0 Å². The van der Waals surface area contributed by atoms with Crippen molar-refractivity contribution in [3.8, 4) is 5.88 Å². The second-order valence-corrected chi connectivity index (χ2v) is 3.46. The van der Waals surface area contributed by atoms with Crippen molar-refractivity contribution in [3.63, 3.8) is 0 Å². The van der Waals surface area contributed by atoms with Crippen molar-refractivity contribution in [2.75, 3.05) is 19.4 Å². The number of carbonyl (C=O) groups is 1. The zero-order valence-electron chi connectivity index (χ0n) is 9.73. The molecule has 0 saturated heterocycles. The summed E-state index contributed by atoms with van der Waals surface area (Å²) >= 11 is 0. The number of nitrogen functional groups attached to an aromatic ring is 1. The van der Waals surface area contributed by atoms with Crippen LogP contribution in [0.5, 0.6) is 5.88 Å². The first kappa shape index (κ1) is 11.3. The predicted octanol–water partition coefficient (Wildman–Crippen LogP) is 0.675. The summed E-state index contributed by atoms with van der Waals surface area (Å²) in [5.41, 5.74) is 7.03. The Bertz CT molecular complexity index is 562. The Kier molecular flexibility index (Phi) is 2.86. The number of pyridine rings is 1. The fraction of sp³-hybridized carbons (Fsp3) is 0.273. The van der Waals surface area contributed by atoms with Crippen molar-refractivity contribution >= 4 is 17.4 Å². The van der Waals surface area contributed by atoms with Gasteiger partial charge in [-0.1, -0.05) is 0 Å². The lowest BCUT2D eigenvalue weighted by molar-refractivity contribution is 0.0962. The number of amides is 1. The maximum Gasteiger partial charge on any atom is 0.252 e. The maximum atomic E-state index is 11.5. The zero-order valence-corrected chi connectivity index (χ0v) is 9.73. The highest BCUT2D eigenvalue weighted by atomic mass is 16.5. The van der Waals surface area contributed by atoms with Crippen LogP contribution in [-0.2, 0) is 0 Å². The van der Waals surface area contributed by atoms with Crippen molar-refractivity contribution in [2.45, 2.75) is 6.92 Å². The lowest BCUT2D eigenvalue weighted by Gasteiger charge is -2.02. The first-order valence-corrected chi connectivity index (χ1v) is 5.29. The molecule has 90 valence electrons. The lowest BCUT2D eigenvalue weighted by atomic mass is 10.2. The number of carbonyl (C=O) groups excluding carboxylic acids is 1. The van der Waals surface area contributed by atoms with Crippen LogP contribution in [0.3, 0.4) is 0 Å². The number of anilines is 1. The Labute approximate surface area is 98.4 Å². The second kappa shape index (κ2) is 4.32. The summed E-state index contributed by atoms with van der Waals surface area (Å²) in [4.78, 5) is 15.6. The fourth-order valence-electron chi connectivity index (χ4n) is 1.60. The number of ether oxygens (including phenoxy) is 1. The molecule has 0 spiro atoms. The van der Waals surface area contributed by atoms with Gasteiger partial charge in [0.15, 0.2) is 0 Å². The first-order valence-electron chi connectivity index (χ1n) is 5.29. The molecule has 0 atom stereocenters. The van der Waals surface area contributed by atoms with Crippen LogP contribution in [0, 0.1) is 0 Å². The molecule has 2 heterocycles. The molecule has 0 radical (unpaired) electrons. The molecule has 2 rings (SSSR count). The molecule has 0 unspecified atom stereocenters. The maximum absolute atomic E-state index is 11.5. The summed E-state index contributed by atoms with van der Waals surface area (Å²) in [6, 6.07) is 3.47. The van der Waals surface area contributed by atoms with Crippen LogP contribution in [0.1, 0.15) is 17.3 Å². The average molecular weight is 234 g/mol. The third-order valence-corrected chi connectivity index (χ3v) is 2.40. The van der Waals surface area contributed by atoms with E-state index in [4.69, 9.17) is 10.5 Å². The minimum Gasteiger partial charge on any atom is -0.476 e. The van der Waals surface area contributed by atoms with Gasteiger partial charge in [-0.2, -0.15) is 4.98 Å². The molecule has 2 aromatic heterocycles. The summed E-state index contributed by atoms with van der Waals surface area (Å²) in [6.07, 6.45) is 1.64. The Morgan fingerprint density at radius 2 is 2.35 bits per heavy atom. The number of nitrogens with two attached hydrogens (primary N) is 1. The number of hydrogen-bond acceptors (Lipinski definition) is 4. The molecular weight excluding hydrogens is 220 g/mol. The molecule has 0 aliphatic heterocycles. The van der Waals surface area contributed by atoms with Crippen molar-refractivity contribution in [1.82, 2.24) is 14.7 Å². The summed E-state index contributed by atoms with van der Waals surface area (Å²) in [5, 5.41) is 2.55. The van der Waals surface area contributed by atoms with E-state index in [0.29, 0.717) is 24.0 Å². The van der Waals surface area contributed by atoms with Gasteiger partial charge in [0.25, 0.3) is 5.91 Å².